The lowest BCUT2D eigenvalue weighted by molar-refractivity contribution is -0.137. The molecule has 0 spiro atoms. The predicted molar refractivity (Wildman–Crippen MR) is 71.8 cm³/mol. The predicted octanol–water partition coefficient (Wildman–Crippen LogP) is 3.95. The monoisotopic (exact) mass is 289 g/mol. The number of nitrogens with zero attached hydrogens (tertiary/aromatic N) is 3. The van der Waals surface area contributed by atoms with Crippen LogP contribution in [-0.4, -0.2) is 14.8 Å². The first-order valence-electron chi connectivity index (χ1n) is 6.19. The molecule has 1 aromatic heterocycles. The van der Waals surface area contributed by atoms with Crippen molar-refractivity contribution in [3.05, 3.63) is 66.5 Å². The number of hydrogen-bond donors (Lipinski definition) is 0. The lowest BCUT2D eigenvalue weighted by Gasteiger charge is -2.10. The minimum absolute atomic E-state index is 0.321. The molecule has 0 atom stereocenters. The summed E-state index contributed by atoms with van der Waals surface area (Å²) in [6.07, 6.45) is -3.06. The first kappa shape index (κ1) is 13.4. The summed E-state index contributed by atoms with van der Waals surface area (Å²) in [5.74, 6) is 0.495. The molecule has 1 heterocycles. The first-order valence-corrected chi connectivity index (χ1v) is 6.19. The van der Waals surface area contributed by atoms with E-state index in [1.165, 1.54) is 17.1 Å². The lowest BCUT2D eigenvalue weighted by Crippen LogP contribution is -2.07. The zero-order chi connectivity index (χ0) is 14.9. The third-order valence-electron chi connectivity index (χ3n) is 3.00. The summed E-state index contributed by atoms with van der Waals surface area (Å²) in [6, 6.07) is 14.2. The van der Waals surface area contributed by atoms with E-state index >= 15 is 0 Å². The highest BCUT2D eigenvalue weighted by atomic mass is 19.4. The molecule has 21 heavy (non-hydrogen) atoms. The molecule has 0 amide bonds. The van der Waals surface area contributed by atoms with Crippen molar-refractivity contribution in [3.8, 4) is 17.1 Å². The summed E-state index contributed by atoms with van der Waals surface area (Å²) in [4.78, 5) is 4.13. The van der Waals surface area contributed by atoms with E-state index in [0.29, 0.717) is 11.5 Å². The Morgan fingerprint density at radius 2 is 1.67 bits per heavy atom. The van der Waals surface area contributed by atoms with Gasteiger partial charge in [0.15, 0.2) is 5.82 Å². The van der Waals surface area contributed by atoms with Crippen molar-refractivity contribution in [1.82, 2.24) is 14.8 Å². The number of aromatic nitrogens is 3. The van der Waals surface area contributed by atoms with Gasteiger partial charge in [-0.1, -0.05) is 36.4 Å². The SMILES string of the molecule is FC(F)(F)c1cccc(-n2ncnc2-c2ccccc2)c1. The van der Waals surface area contributed by atoms with E-state index < -0.39 is 11.7 Å². The largest absolute Gasteiger partial charge is 0.416 e. The van der Waals surface area contributed by atoms with Crippen LogP contribution in [0.5, 0.6) is 0 Å². The Morgan fingerprint density at radius 1 is 0.905 bits per heavy atom. The third-order valence-corrected chi connectivity index (χ3v) is 3.00. The zero-order valence-electron chi connectivity index (χ0n) is 10.7. The second-order valence-corrected chi connectivity index (χ2v) is 4.41. The van der Waals surface area contributed by atoms with Crippen molar-refractivity contribution in [3.63, 3.8) is 0 Å². The fourth-order valence-corrected chi connectivity index (χ4v) is 2.03. The number of halogens is 3. The van der Waals surface area contributed by atoms with Crippen LogP contribution in [0.25, 0.3) is 17.1 Å². The van der Waals surface area contributed by atoms with Gasteiger partial charge in [0, 0.05) is 5.56 Å². The van der Waals surface area contributed by atoms with Gasteiger partial charge in [-0.2, -0.15) is 18.3 Å². The van der Waals surface area contributed by atoms with Gasteiger partial charge < -0.3 is 0 Å². The molecule has 0 N–H and O–H groups in total. The van der Waals surface area contributed by atoms with E-state index in [4.69, 9.17) is 0 Å². The molecule has 0 aliphatic rings. The first-order chi connectivity index (χ1) is 10.1. The van der Waals surface area contributed by atoms with Crippen molar-refractivity contribution < 1.29 is 13.2 Å². The molecule has 106 valence electrons. The highest BCUT2D eigenvalue weighted by Crippen LogP contribution is 2.31. The van der Waals surface area contributed by atoms with Crippen molar-refractivity contribution in [2.24, 2.45) is 0 Å². The second kappa shape index (κ2) is 5.05. The van der Waals surface area contributed by atoms with Crippen LogP contribution < -0.4 is 0 Å². The number of hydrogen-bond acceptors (Lipinski definition) is 2. The second-order valence-electron chi connectivity index (χ2n) is 4.41. The molecular formula is C15H10F3N3. The van der Waals surface area contributed by atoms with Crippen LogP contribution >= 0.6 is 0 Å². The van der Waals surface area contributed by atoms with Crippen LogP contribution in [0.15, 0.2) is 60.9 Å². The van der Waals surface area contributed by atoms with Gasteiger partial charge >= 0.3 is 6.18 Å². The van der Waals surface area contributed by atoms with Crippen LogP contribution in [0.2, 0.25) is 0 Å². The van der Waals surface area contributed by atoms with E-state index in [1.54, 1.807) is 6.07 Å². The molecule has 0 bridgehead atoms. The Labute approximate surface area is 118 Å². The summed E-state index contributed by atoms with van der Waals surface area (Å²) in [5.41, 5.74) is 0.392. The van der Waals surface area contributed by atoms with Crippen LogP contribution in [0.3, 0.4) is 0 Å². The molecule has 0 saturated heterocycles. The van der Waals surface area contributed by atoms with Gasteiger partial charge in [0.1, 0.15) is 6.33 Å². The highest BCUT2D eigenvalue weighted by Gasteiger charge is 2.30. The third kappa shape index (κ3) is 2.65. The Balaban J connectivity index is 2.09. The summed E-state index contributed by atoms with van der Waals surface area (Å²) in [6.45, 7) is 0. The molecule has 2 aromatic carbocycles. The van der Waals surface area contributed by atoms with Crippen LogP contribution in [-0.2, 0) is 6.18 Å². The Morgan fingerprint density at radius 3 is 2.38 bits per heavy atom. The van der Waals surface area contributed by atoms with Gasteiger partial charge in [0.25, 0.3) is 0 Å². The molecule has 3 aromatic rings. The lowest BCUT2D eigenvalue weighted by atomic mass is 10.2. The van der Waals surface area contributed by atoms with Gasteiger partial charge in [-0.3, -0.25) is 0 Å². The summed E-state index contributed by atoms with van der Waals surface area (Å²) in [5, 5.41) is 4.02. The average molecular weight is 289 g/mol. The number of alkyl halides is 3. The van der Waals surface area contributed by atoms with Crippen molar-refractivity contribution in [1.29, 1.82) is 0 Å². The zero-order valence-corrected chi connectivity index (χ0v) is 10.7. The quantitative estimate of drug-likeness (QED) is 0.715. The van der Waals surface area contributed by atoms with Crippen LogP contribution in [0.1, 0.15) is 5.56 Å². The normalized spacial score (nSPS) is 11.6. The molecule has 3 nitrogen and oxygen atoms in total. The summed E-state index contributed by atoms with van der Waals surface area (Å²) < 4.78 is 39.8. The number of benzene rings is 2. The van der Waals surface area contributed by atoms with Gasteiger partial charge in [-0.05, 0) is 18.2 Å². The smallest absolute Gasteiger partial charge is 0.215 e. The highest BCUT2D eigenvalue weighted by molar-refractivity contribution is 5.57. The topological polar surface area (TPSA) is 30.7 Å². The van der Waals surface area contributed by atoms with E-state index in [-0.39, 0.29) is 0 Å². The van der Waals surface area contributed by atoms with E-state index in [1.807, 2.05) is 30.3 Å². The maximum Gasteiger partial charge on any atom is 0.416 e. The van der Waals surface area contributed by atoms with E-state index in [2.05, 4.69) is 10.1 Å². The van der Waals surface area contributed by atoms with Crippen molar-refractivity contribution in [2.75, 3.05) is 0 Å². The molecule has 0 aliphatic carbocycles. The number of rotatable bonds is 2. The fourth-order valence-electron chi connectivity index (χ4n) is 2.03. The minimum atomic E-state index is -4.39. The van der Waals surface area contributed by atoms with Crippen molar-refractivity contribution >= 4 is 0 Å². The molecule has 0 saturated carbocycles. The molecular weight excluding hydrogens is 279 g/mol. The van der Waals surface area contributed by atoms with Gasteiger partial charge in [0.2, 0.25) is 0 Å². The standard InChI is InChI=1S/C15H10F3N3/c16-15(17,18)12-7-4-8-13(9-12)21-14(19-10-20-21)11-5-2-1-3-6-11/h1-10H. The van der Waals surface area contributed by atoms with Gasteiger partial charge in [-0.25, -0.2) is 9.67 Å². The summed E-state index contributed by atoms with van der Waals surface area (Å²) in [7, 11) is 0. The maximum atomic E-state index is 12.8. The molecule has 6 heteroatoms. The molecule has 0 radical (unpaired) electrons. The molecule has 0 fully saturated rings. The minimum Gasteiger partial charge on any atom is -0.215 e. The van der Waals surface area contributed by atoms with E-state index in [0.717, 1.165) is 17.7 Å². The van der Waals surface area contributed by atoms with Crippen molar-refractivity contribution in [2.45, 2.75) is 6.18 Å². The van der Waals surface area contributed by atoms with Gasteiger partial charge in [-0.15, -0.1) is 0 Å². The molecule has 3 rings (SSSR count). The fraction of sp³-hybridized carbons (Fsp3) is 0.0667. The maximum absolute atomic E-state index is 12.8. The molecule has 0 unspecified atom stereocenters. The van der Waals surface area contributed by atoms with E-state index in [9.17, 15) is 13.2 Å². The van der Waals surface area contributed by atoms with Crippen LogP contribution in [0, 0.1) is 0 Å². The Kier molecular flexibility index (Phi) is 3.21. The molecule has 0 aliphatic heterocycles. The average Bonchev–Trinajstić information content (AvgIpc) is 2.97. The van der Waals surface area contributed by atoms with Crippen LogP contribution in [0.4, 0.5) is 13.2 Å². The Bertz CT molecular complexity index is 748. The van der Waals surface area contributed by atoms with Gasteiger partial charge in [0.05, 0.1) is 11.3 Å². The Hall–Kier alpha value is -2.63. The summed E-state index contributed by atoms with van der Waals surface area (Å²) >= 11 is 0.